The number of carbonyl (C=O) groups excluding carboxylic acids is 1. The van der Waals surface area contributed by atoms with Crippen molar-refractivity contribution in [2.75, 3.05) is 0 Å². The number of nitrogens with one attached hydrogen (secondary N) is 2. The summed E-state index contributed by atoms with van der Waals surface area (Å²) in [7, 11) is 0. The van der Waals surface area contributed by atoms with Gasteiger partial charge in [-0.15, -0.1) is 0 Å². The SMILES string of the molecule is CCC(CC)(NC(=O)NCc1ccccc1)C(N)=S. The van der Waals surface area contributed by atoms with Gasteiger partial charge >= 0.3 is 6.03 Å². The van der Waals surface area contributed by atoms with Crippen molar-refractivity contribution >= 4 is 23.2 Å². The molecule has 19 heavy (non-hydrogen) atoms. The number of rotatable bonds is 6. The molecule has 0 saturated heterocycles. The molecule has 0 spiro atoms. The Balaban J connectivity index is 2.57. The Kier molecular flexibility index (Phi) is 5.76. The van der Waals surface area contributed by atoms with E-state index in [1.54, 1.807) is 0 Å². The van der Waals surface area contributed by atoms with E-state index in [0.29, 0.717) is 24.4 Å². The summed E-state index contributed by atoms with van der Waals surface area (Å²) in [5, 5.41) is 5.70. The zero-order valence-electron chi connectivity index (χ0n) is 11.4. The first kappa shape index (κ1) is 15.4. The molecule has 0 fully saturated rings. The summed E-state index contributed by atoms with van der Waals surface area (Å²) in [5.41, 5.74) is 6.18. The standard InChI is InChI=1S/C14H21N3OS/c1-3-14(4-2,12(15)19)17-13(18)16-10-11-8-6-5-7-9-11/h5-9H,3-4,10H2,1-2H3,(H2,15,19)(H2,16,17,18). The molecule has 0 aliphatic heterocycles. The minimum atomic E-state index is -0.601. The number of amides is 2. The lowest BCUT2D eigenvalue weighted by molar-refractivity contribution is 0.231. The van der Waals surface area contributed by atoms with Gasteiger partial charge in [0.2, 0.25) is 0 Å². The van der Waals surface area contributed by atoms with Gasteiger partial charge in [0.25, 0.3) is 0 Å². The highest BCUT2D eigenvalue weighted by molar-refractivity contribution is 7.80. The first-order chi connectivity index (χ1) is 9.04. The third kappa shape index (κ3) is 4.21. The van der Waals surface area contributed by atoms with Gasteiger partial charge in [-0.3, -0.25) is 0 Å². The maximum atomic E-state index is 11.9. The molecule has 1 aromatic carbocycles. The second kappa shape index (κ2) is 7.09. The quantitative estimate of drug-likeness (QED) is 0.700. The first-order valence-electron chi connectivity index (χ1n) is 6.44. The van der Waals surface area contributed by atoms with E-state index in [-0.39, 0.29) is 6.03 Å². The maximum absolute atomic E-state index is 11.9. The van der Waals surface area contributed by atoms with Crippen LogP contribution in [0.5, 0.6) is 0 Å². The van der Waals surface area contributed by atoms with Gasteiger partial charge in [0.1, 0.15) is 0 Å². The number of hydrogen-bond acceptors (Lipinski definition) is 2. The van der Waals surface area contributed by atoms with E-state index in [9.17, 15) is 4.79 Å². The topological polar surface area (TPSA) is 67.2 Å². The fourth-order valence-electron chi connectivity index (χ4n) is 1.88. The second-order valence-electron chi connectivity index (χ2n) is 4.45. The smallest absolute Gasteiger partial charge is 0.315 e. The molecule has 1 rings (SSSR count). The number of benzene rings is 1. The van der Waals surface area contributed by atoms with E-state index >= 15 is 0 Å². The second-order valence-corrected chi connectivity index (χ2v) is 4.89. The molecule has 0 aliphatic carbocycles. The number of carbonyl (C=O) groups is 1. The van der Waals surface area contributed by atoms with Gasteiger partial charge < -0.3 is 16.4 Å². The molecular formula is C14H21N3OS. The zero-order chi connectivity index (χ0) is 14.3. The van der Waals surface area contributed by atoms with Crippen molar-refractivity contribution in [3.05, 3.63) is 35.9 Å². The first-order valence-corrected chi connectivity index (χ1v) is 6.84. The lowest BCUT2D eigenvalue weighted by Gasteiger charge is -2.31. The fraction of sp³-hybridized carbons (Fsp3) is 0.429. The molecule has 0 saturated carbocycles. The summed E-state index contributed by atoms with van der Waals surface area (Å²) >= 11 is 5.06. The molecule has 0 aromatic heterocycles. The Labute approximate surface area is 119 Å². The molecule has 4 nitrogen and oxygen atoms in total. The number of hydrogen-bond donors (Lipinski definition) is 3. The predicted octanol–water partition coefficient (Wildman–Crippen LogP) is 2.33. The Morgan fingerprint density at radius 3 is 2.32 bits per heavy atom. The largest absolute Gasteiger partial charge is 0.391 e. The monoisotopic (exact) mass is 279 g/mol. The molecular weight excluding hydrogens is 258 g/mol. The minimum absolute atomic E-state index is 0.250. The third-order valence-corrected chi connectivity index (χ3v) is 3.72. The lowest BCUT2D eigenvalue weighted by atomic mass is 9.93. The van der Waals surface area contributed by atoms with Crippen molar-refractivity contribution in [1.29, 1.82) is 0 Å². The molecule has 5 heteroatoms. The van der Waals surface area contributed by atoms with Crippen LogP contribution in [0.15, 0.2) is 30.3 Å². The van der Waals surface area contributed by atoms with Gasteiger partial charge in [0.15, 0.2) is 0 Å². The summed E-state index contributed by atoms with van der Waals surface area (Å²) in [4.78, 5) is 12.2. The Morgan fingerprint density at radius 2 is 1.84 bits per heavy atom. The molecule has 0 atom stereocenters. The van der Waals surface area contributed by atoms with Crippen LogP contribution >= 0.6 is 12.2 Å². The Hall–Kier alpha value is -1.62. The molecule has 0 radical (unpaired) electrons. The van der Waals surface area contributed by atoms with Gasteiger partial charge in [-0.25, -0.2) is 4.79 Å². The highest BCUT2D eigenvalue weighted by atomic mass is 32.1. The van der Waals surface area contributed by atoms with Gasteiger partial charge in [-0.2, -0.15) is 0 Å². The normalized spacial score (nSPS) is 10.8. The molecule has 0 bridgehead atoms. The third-order valence-electron chi connectivity index (χ3n) is 3.33. The van der Waals surface area contributed by atoms with Crippen molar-refractivity contribution in [2.24, 2.45) is 5.73 Å². The molecule has 104 valence electrons. The number of nitrogens with two attached hydrogens (primary N) is 1. The van der Waals surface area contributed by atoms with Crippen molar-refractivity contribution in [3.63, 3.8) is 0 Å². The Bertz CT molecular complexity index is 430. The minimum Gasteiger partial charge on any atom is -0.391 e. The van der Waals surface area contributed by atoms with Crippen LogP contribution in [-0.4, -0.2) is 16.6 Å². The van der Waals surface area contributed by atoms with E-state index in [0.717, 1.165) is 5.56 Å². The van der Waals surface area contributed by atoms with Crippen molar-refractivity contribution < 1.29 is 4.79 Å². The van der Waals surface area contributed by atoms with Crippen LogP contribution in [0.3, 0.4) is 0 Å². The van der Waals surface area contributed by atoms with Crippen LogP contribution in [0.25, 0.3) is 0 Å². The number of thiocarbonyl (C=S) groups is 1. The van der Waals surface area contributed by atoms with Crippen LogP contribution < -0.4 is 16.4 Å². The molecule has 0 aliphatic rings. The number of urea groups is 1. The average molecular weight is 279 g/mol. The van der Waals surface area contributed by atoms with E-state index in [4.69, 9.17) is 18.0 Å². The predicted molar refractivity (Wildman–Crippen MR) is 81.9 cm³/mol. The van der Waals surface area contributed by atoms with Crippen molar-refractivity contribution in [1.82, 2.24) is 10.6 Å². The summed E-state index contributed by atoms with van der Waals surface area (Å²) in [6.07, 6.45) is 1.36. The Morgan fingerprint density at radius 1 is 1.26 bits per heavy atom. The van der Waals surface area contributed by atoms with Crippen molar-refractivity contribution in [2.45, 2.75) is 38.8 Å². The van der Waals surface area contributed by atoms with Gasteiger partial charge in [-0.05, 0) is 18.4 Å². The lowest BCUT2D eigenvalue weighted by Crippen LogP contribution is -2.58. The van der Waals surface area contributed by atoms with Crippen LogP contribution in [0, 0.1) is 0 Å². The fourth-order valence-corrected chi connectivity index (χ4v) is 2.22. The summed E-state index contributed by atoms with van der Waals surface area (Å²) < 4.78 is 0. The molecule has 2 amide bonds. The van der Waals surface area contributed by atoms with Gasteiger partial charge in [0, 0.05) is 6.54 Å². The van der Waals surface area contributed by atoms with Crippen molar-refractivity contribution in [3.8, 4) is 0 Å². The average Bonchev–Trinajstić information content (AvgIpc) is 2.43. The molecule has 0 unspecified atom stereocenters. The summed E-state index contributed by atoms with van der Waals surface area (Å²) in [5.74, 6) is 0. The van der Waals surface area contributed by atoms with E-state index in [2.05, 4.69) is 10.6 Å². The van der Waals surface area contributed by atoms with Crippen LogP contribution in [-0.2, 0) is 6.54 Å². The summed E-state index contributed by atoms with van der Waals surface area (Å²) in [6, 6.07) is 9.48. The van der Waals surface area contributed by atoms with Gasteiger partial charge in [0.05, 0.1) is 10.5 Å². The maximum Gasteiger partial charge on any atom is 0.315 e. The highest BCUT2D eigenvalue weighted by Gasteiger charge is 2.31. The van der Waals surface area contributed by atoms with Gasteiger partial charge in [-0.1, -0.05) is 56.4 Å². The van der Waals surface area contributed by atoms with Crippen LogP contribution in [0.2, 0.25) is 0 Å². The van der Waals surface area contributed by atoms with Crippen LogP contribution in [0.4, 0.5) is 4.79 Å². The van der Waals surface area contributed by atoms with E-state index in [1.165, 1.54) is 0 Å². The highest BCUT2D eigenvalue weighted by Crippen LogP contribution is 2.15. The zero-order valence-corrected chi connectivity index (χ0v) is 12.2. The van der Waals surface area contributed by atoms with Crippen LogP contribution in [0.1, 0.15) is 32.3 Å². The van der Waals surface area contributed by atoms with E-state index in [1.807, 2.05) is 44.2 Å². The van der Waals surface area contributed by atoms with E-state index < -0.39 is 5.54 Å². The molecule has 4 N–H and O–H groups in total. The molecule has 0 heterocycles. The summed E-state index contributed by atoms with van der Waals surface area (Å²) in [6.45, 7) is 4.40. The molecule has 1 aromatic rings.